The van der Waals surface area contributed by atoms with E-state index in [4.69, 9.17) is 4.74 Å². The number of ether oxygens (including phenoxy) is 1. The van der Waals surface area contributed by atoms with E-state index >= 15 is 0 Å². The third-order valence-electron chi connectivity index (χ3n) is 9.22. The molecule has 4 fully saturated rings. The van der Waals surface area contributed by atoms with E-state index in [9.17, 15) is 9.90 Å². The first-order chi connectivity index (χ1) is 11.5. The summed E-state index contributed by atoms with van der Waals surface area (Å²) in [6.07, 6.45) is 5.56. The molecule has 4 saturated carbocycles. The Balaban J connectivity index is 1.75. The largest absolute Gasteiger partial charge is 0.462 e. The predicted molar refractivity (Wildman–Crippen MR) is 97.8 cm³/mol. The molecule has 4 rings (SSSR count). The van der Waals surface area contributed by atoms with Crippen LogP contribution in [0.5, 0.6) is 0 Å². The minimum absolute atomic E-state index is 0.0175. The Bertz CT molecular complexity index is 586. The van der Waals surface area contributed by atoms with Crippen LogP contribution in [0.1, 0.15) is 73.6 Å². The summed E-state index contributed by atoms with van der Waals surface area (Å²) >= 11 is 0. The molecule has 3 heteroatoms. The molecule has 0 heterocycles. The van der Waals surface area contributed by atoms with Crippen LogP contribution < -0.4 is 0 Å². The molecule has 4 aliphatic carbocycles. The highest BCUT2D eigenvalue weighted by atomic mass is 16.5. The van der Waals surface area contributed by atoms with Crippen LogP contribution in [0, 0.1) is 45.8 Å². The lowest BCUT2D eigenvalue weighted by atomic mass is 9.46. The maximum atomic E-state index is 11.7. The van der Waals surface area contributed by atoms with Crippen molar-refractivity contribution in [2.45, 2.75) is 85.9 Å². The fourth-order valence-corrected chi connectivity index (χ4v) is 7.52. The van der Waals surface area contributed by atoms with Gasteiger partial charge in [-0.1, -0.05) is 34.6 Å². The molecule has 1 N–H and O–H groups in total. The average Bonchev–Trinajstić information content (AvgIpc) is 3.07. The molecule has 0 bridgehead atoms. The van der Waals surface area contributed by atoms with Crippen LogP contribution in [0.3, 0.4) is 0 Å². The van der Waals surface area contributed by atoms with Gasteiger partial charge in [-0.25, -0.2) is 0 Å². The number of rotatable bonds is 2. The summed E-state index contributed by atoms with van der Waals surface area (Å²) in [6.45, 7) is 13.3. The zero-order valence-electron chi connectivity index (χ0n) is 16.8. The summed E-state index contributed by atoms with van der Waals surface area (Å²) in [4.78, 5) is 11.7. The normalized spacial score (nSPS) is 56.8. The van der Waals surface area contributed by atoms with E-state index in [1.807, 2.05) is 0 Å². The highest BCUT2D eigenvalue weighted by Gasteiger charge is 2.72. The van der Waals surface area contributed by atoms with Crippen molar-refractivity contribution in [3.63, 3.8) is 0 Å². The minimum atomic E-state index is -0.196. The first-order valence-electron chi connectivity index (χ1n) is 10.4. The van der Waals surface area contributed by atoms with Crippen molar-refractivity contribution in [2.24, 2.45) is 45.8 Å². The highest BCUT2D eigenvalue weighted by molar-refractivity contribution is 5.66. The summed E-state index contributed by atoms with van der Waals surface area (Å²) in [5.74, 6) is 2.47. The molecule has 0 saturated heterocycles. The van der Waals surface area contributed by atoms with Crippen LogP contribution in [-0.2, 0) is 9.53 Å². The zero-order valence-corrected chi connectivity index (χ0v) is 16.8. The number of fused-ring (bicyclic) bond motifs is 4. The highest BCUT2D eigenvalue weighted by Crippen LogP contribution is 2.74. The van der Waals surface area contributed by atoms with E-state index in [2.05, 4.69) is 34.6 Å². The molecule has 9 atom stereocenters. The summed E-state index contributed by atoms with van der Waals surface area (Å²) < 4.78 is 5.85. The summed E-state index contributed by atoms with van der Waals surface area (Å²) in [5.41, 5.74) is 0.413. The molecule has 3 nitrogen and oxygen atoms in total. The SMILES string of the molecule is CC(=O)O[C@H]1C[C@@H](C(C)C)[C@H]2[C@H]3[C@H](O)[C@]4(C)C[C@@H]4C[C@]3(C)CC[C@]21C. The van der Waals surface area contributed by atoms with E-state index in [1.54, 1.807) is 6.92 Å². The van der Waals surface area contributed by atoms with Crippen molar-refractivity contribution in [3.8, 4) is 0 Å². The lowest BCUT2D eigenvalue weighted by Gasteiger charge is -2.59. The van der Waals surface area contributed by atoms with Gasteiger partial charge in [0, 0.05) is 12.3 Å². The zero-order chi connectivity index (χ0) is 18.4. The second kappa shape index (κ2) is 5.24. The Morgan fingerprint density at radius 1 is 1.08 bits per heavy atom. The molecule has 0 amide bonds. The fraction of sp³-hybridized carbons (Fsp3) is 0.955. The van der Waals surface area contributed by atoms with Gasteiger partial charge in [-0.15, -0.1) is 0 Å². The van der Waals surface area contributed by atoms with Gasteiger partial charge in [-0.2, -0.15) is 0 Å². The van der Waals surface area contributed by atoms with Crippen LogP contribution in [-0.4, -0.2) is 23.3 Å². The van der Waals surface area contributed by atoms with Crippen molar-refractivity contribution in [1.29, 1.82) is 0 Å². The fourth-order valence-electron chi connectivity index (χ4n) is 7.52. The average molecular weight is 349 g/mol. The number of hydrogen-bond donors (Lipinski definition) is 1. The van der Waals surface area contributed by atoms with Gasteiger partial charge in [0.1, 0.15) is 6.10 Å². The van der Waals surface area contributed by atoms with Crippen molar-refractivity contribution in [1.82, 2.24) is 0 Å². The van der Waals surface area contributed by atoms with E-state index in [0.717, 1.165) is 25.2 Å². The minimum Gasteiger partial charge on any atom is -0.462 e. The quantitative estimate of drug-likeness (QED) is 0.751. The number of aliphatic hydroxyl groups excluding tert-OH is 1. The van der Waals surface area contributed by atoms with E-state index in [0.29, 0.717) is 23.7 Å². The Kier molecular flexibility index (Phi) is 3.74. The number of carbonyl (C=O) groups is 1. The van der Waals surface area contributed by atoms with Gasteiger partial charge in [0.25, 0.3) is 0 Å². The Hall–Kier alpha value is -0.570. The standard InChI is InChI=1S/C22H36O3/c1-12(2)15-9-16(25-13(3)23)21(5)8-7-20(4)10-14-11-22(14,6)19(24)18(20)17(15)21/h12,14-19,24H,7-11H2,1-6H3/t14-,15-,16-,17-,18-,19-,20-,21-,22+/m0/s1. The van der Waals surface area contributed by atoms with Crippen molar-refractivity contribution in [3.05, 3.63) is 0 Å². The Labute approximate surface area is 152 Å². The molecule has 0 unspecified atom stereocenters. The second-order valence-electron chi connectivity index (χ2n) is 11.0. The van der Waals surface area contributed by atoms with Gasteiger partial charge in [0.05, 0.1) is 6.10 Å². The van der Waals surface area contributed by atoms with Crippen LogP contribution in [0.2, 0.25) is 0 Å². The monoisotopic (exact) mass is 348 g/mol. The van der Waals surface area contributed by atoms with Crippen molar-refractivity contribution in [2.75, 3.05) is 0 Å². The number of carbonyl (C=O) groups excluding carboxylic acids is 1. The van der Waals surface area contributed by atoms with Crippen LogP contribution in [0.4, 0.5) is 0 Å². The summed E-state index contributed by atoms with van der Waals surface area (Å²) in [5, 5.41) is 11.5. The molecule has 0 aromatic carbocycles. The maximum absolute atomic E-state index is 11.7. The molecule has 25 heavy (non-hydrogen) atoms. The summed E-state index contributed by atoms with van der Waals surface area (Å²) in [6, 6.07) is 0. The topological polar surface area (TPSA) is 46.5 Å². The number of aliphatic hydroxyl groups is 1. The first-order valence-corrected chi connectivity index (χ1v) is 10.4. The molecule has 0 radical (unpaired) electrons. The molecule has 4 aliphatic rings. The molecule has 0 aromatic rings. The molecular formula is C22H36O3. The van der Waals surface area contributed by atoms with Crippen molar-refractivity contribution >= 4 is 5.97 Å². The molecule has 142 valence electrons. The first kappa shape index (κ1) is 17.8. The lowest BCUT2D eigenvalue weighted by molar-refractivity contribution is -0.175. The second-order valence-corrected chi connectivity index (χ2v) is 11.0. The molecule has 0 aromatic heterocycles. The Morgan fingerprint density at radius 3 is 2.36 bits per heavy atom. The molecule has 0 aliphatic heterocycles. The van der Waals surface area contributed by atoms with E-state index < -0.39 is 0 Å². The maximum Gasteiger partial charge on any atom is 0.302 e. The van der Waals surface area contributed by atoms with Crippen LogP contribution >= 0.6 is 0 Å². The third kappa shape index (κ3) is 2.30. The van der Waals surface area contributed by atoms with Crippen LogP contribution in [0.25, 0.3) is 0 Å². The van der Waals surface area contributed by atoms with Crippen LogP contribution in [0.15, 0.2) is 0 Å². The lowest BCUT2D eigenvalue weighted by Crippen LogP contribution is -2.57. The van der Waals surface area contributed by atoms with Gasteiger partial charge in [0.15, 0.2) is 0 Å². The smallest absolute Gasteiger partial charge is 0.302 e. The molecular weight excluding hydrogens is 312 g/mol. The number of hydrogen-bond acceptors (Lipinski definition) is 3. The predicted octanol–water partition coefficient (Wildman–Crippen LogP) is 4.42. The summed E-state index contributed by atoms with van der Waals surface area (Å²) in [7, 11) is 0. The van der Waals surface area contributed by atoms with Gasteiger partial charge in [0.2, 0.25) is 0 Å². The Morgan fingerprint density at radius 2 is 1.76 bits per heavy atom. The van der Waals surface area contributed by atoms with Gasteiger partial charge in [-0.05, 0) is 72.5 Å². The molecule has 0 spiro atoms. The van der Waals surface area contributed by atoms with Gasteiger partial charge in [-0.3, -0.25) is 4.79 Å². The number of esters is 1. The van der Waals surface area contributed by atoms with Crippen molar-refractivity contribution < 1.29 is 14.6 Å². The van der Waals surface area contributed by atoms with E-state index in [1.165, 1.54) is 12.8 Å². The van der Waals surface area contributed by atoms with Gasteiger partial charge < -0.3 is 9.84 Å². The van der Waals surface area contributed by atoms with Gasteiger partial charge >= 0.3 is 5.97 Å². The third-order valence-corrected chi connectivity index (χ3v) is 9.22. The van der Waals surface area contributed by atoms with E-state index in [-0.39, 0.29) is 34.4 Å².